The number of hydrogen-bond acceptors (Lipinski definition) is 6. The van der Waals surface area contributed by atoms with Gasteiger partial charge in [0.05, 0.1) is 34.2 Å². The Morgan fingerprint density at radius 1 is 1.15 bits per heavy atom. The van der Waals surface area contributed by atoms with E-state index in [1.165, 1.54) is 30.3 Å². The van der Waals surface area contributed by atoms with Crippen molar-refractivity contribution in [3.8, 4) is 29.0 Å². The van der Waals surface area contributed by atoms with Crippen molar-refractivity contribution in [2.45, 2.75) is 13.3 Å². The van der Waals surface area contributed by atoms with Gasteiger partial charge in [-0.15, -0.1) is 10.2 Å². The van der Waals surface area contributed by atoms with Crippen LogP contribution in [0.2, 0.25) is 10.0 Å². The van der Waals surface area contributed by atoms with Crippen molar-refractivity contribution in [3.63, 3.8) is 0 Å². The van der Waals surface area contributed by atoms with Crippen molar-refractivity contribution in [1.29, 1.82) is 5.26 Å². The first-order valence-electron chi connectivity index (χ1n) is 10.0. The van der Waals surface area contributed by atoms with Crippen molar-refractivity contribution < 1.29 is 13.5 Å². The van der Waals surface area contributed by atoms with Gasteiger partial charge in [0.25, 0.3) is 0 Å². The number of halogens is 3. The maximum absolute atomic E-state index is 15.3. The van der Waals surface area contributed by atoms with Gasteiger partial charge in [-0.25, -0.2) is 9.37 Å². The Bertz CT molecular complexity index is 1590. The number of rotatable bonds is 5. The zero-order chi connectivity index (χ0) is 23.8. The lowest BCUT2D eigenvalue weighted by atomic mass is 10.1. The molecule has 0 unspecified atom stereocenters. The summed E-state index contributed by atoms with van der Waals surface area (Å²) in [7, 11) is 0. The summed E-state index contributed by atoms with van der Waals surface area (Å²) >= 11 is 12.2. The molecular weight excluding hydrogens is 480 g/mol. The highest BCUT2D eigenvalue weighted by atomic mass is 35.5. The molecule has 0 saturated carbocycles. The van der Waals surface area contributed by atoms with Gasteiger partial charge < -0.3 is 14.1 Å². The molecule has 0 radical (unpaired) electrons. The van der Waals surface area contributed by atoms with Crippen LogP contribution in [-0.2, 0) is 6.42 Å². The van der Waals surface area contributed by atoms with Crippen molar-refractivity contribution in [3.05, 3.63) is 87.2 Å². The highest BCUT2D eigenvalue weighted by Crippen LogP contribution is 2.36. The minimum absolute atomic E-state index is 0.0148. The maximum Gasteiger partial charge on any atom is 0.250 e. The fourth-order valence-electron chi connectivity index (χ4n) is 3.53. The number of nitrogens with one attached hydrogen (secondary N) is 1. The molecule has 0 aliphatic carbocycles. The summed E-state index contributed by atoms with van der Waals surface area (Å²) in [4.78, 5) is 7.63. The van der Waals surface area contributed by atoms with Gasteiger partial charge in [0.1, 0.15) is 17.1 Å². The zero-order valence-corrected chi connectivity index (χ0v) is 19.1. The standard InChI is InChI=1S/C24H14Cl2FN5O2/c1-12-29-19-4-2-3-17(22(19)30-12)24-32-31-20(34-24)9-14-5-6-18(26)23(21(14)27)33-16-8-13(11-28)7-15(25)10-16/h2-8,10H,9H2,1H3,(H,29,30). The normalized spacial score (nSPS) is 11.0. The lowest BCUT2D eigenvalue weighted by Gasteiger charge is -2.11. The molecule has 10 heteroatoms. The molecule has 2 heterocycles. The van der Waals surface area contributed by atoms with E-state index in [0.717, 1.165) is 11.3 Å². The second kappa shape index (κ2) is 8.78. The highest BCUT2D eigenvalue weighted by Gasteiger charge is 2.19. The van der Waals surface area contributed by atoms with E-state index in [0.29, 0.717) is 11.1 Å². The topological polar surface area (TPSA) is 101 Å². The molecule has 34 heavy (non-hydrogen) atoms. The van der Waals surface area contributed by atoms with Crippen LogP contribution < -0.4 is 4.74 Å². The molecule has 0 saturated heterocycles. The van der Waals surface area contributed by atoms with Crippen LogP contribution in [0.5, 0.6) is 11.5 Å². The third kappa shape index (κ3) is 4.19. The molecule has 1 N–H and O–H groups in total. The monoisotopic (exact) mass is 493 g/mol. The van der Waals surface area contributed by atoms with Crippen LogP contribution in [0.1, 0.15) is 22.8 Å². The van der Waals surface area contributed by atoms with E-state index >= 15 is 4.39 Å². The Kier molecular flexibility index (Phi) is 5.65. The van der Waals surface area contributed by atoms with E-state index in [4.69, 9.17) is 37.6 Å². The maximum atomic E-state index is 15.3. The van der Waals surface area contributed by atoms with Crippen LogP contribution in [-0.4, -0.2) is 20.2 Å². The molecule has 2 aromatic heterocycles. The lowest BCUT2D eigenvalue weighted by Crippen LogP contribution is -1.98. The minimum atomic E-state index is -0.684. The van der Waals surface area contributed by atoms with E-state index in [1.807, 2.05) is 31.2 Å². The summed E-state index contributed by atoms with van der Waals surface area (Å²) in [6, 6.07) is 15.0. The van der Waals surface area contributed by atoms with Gasteiger partial charge in [0.2, 0.25) is 11.8 Å². The SMILES string of the molecule is Cc1nc2c(-c3nnc(Cc4ccc(Cl)c(Oc5cc(Cl)cc(C#N)c5)c4F)o3)cccc2[nH]1. The van der Waals surface area contributed by atoms with Crippen molar-refractivity contribution >= 4 is 34.2 Å². The molecule has 5 aromatic rings. The number of para-hydroxylation sites is 1. The molecule has 0 spiro atoms. The third-order valence-corrected chi connectivity index (χ3v) is 5.54. The molecule has 0 bridgehead atoms. The Morgan fingerprint density at radius 3 is 2.82 bits per heavy atom. The smallest absolute Gasteiger partial charge is 0.250 e. The molecule has 5 rings (SSSR count). The summed E-state index contributed by atoms with van der Waals surface area (Å²) in [5.74, 6) is 0.559. The first kappa shape index (κ1) is 21.9. The summed E-state index contributed by atoms with van der Waals surface area (Å²) in [5, 5.41) is 17.6. The quantitative estimate of drug-likeness (QED) is 0.295. The molecular formula is C24H14Cl2FN5O2. The molecule has 3 aromatic carbocycles. The Morgan fingerprint density at radius 2 is 2.00 bits per heavy atom. The predicted molar refractivity (Wildman–Crippen MR) is 125 cm³/mol. The van der Waals surface area contributed by atoms with Gasteiger partial charge >= 0.3 is 0 Å². The van der Waals surface area contributed by atoms with Gasteiger partial charge in [-0.2, -0.15) is 5.26 Å². The highest BCUT2D eigenvalue weighted by molar-refractivity contribution is 6.32. The number of aromatic nitrogens is 4. The summed E-state index contributed by atoms with van der Waals surface area (Å²) in [6.45, 7) is 1.86. The predicted octanol–water partition coefficient (Wildman–Crippen LogP) is 6.62. The van der Waals surface area contributed by atoms with E-state index in [-0.39, 0.29) is 50.9 Å². The van der Waals surface area contributed by atoms with Gasteiger partial charge in [-0.1, -0.05) is 35.3 Å². The zero-order valence-electron chi connectivity index (χ0n) is 17.6. The van der Waals surface area contributed by atoms with Gasteiger partial charge in [-0.3, -0.25) is 0 Å². The number of nitrogens with zero attached hydrogens (tertiary/aromatic N) is 4. The Balaban J connectivity index is 1.44. The molecule has 0 amide bonds. The molecule has 168 valence electrons. The van der Waals surface area contributed by atoms with E-state index in [2.05, 4.69) is 20.2 Å². The Hall–Kier alpha value is -3.93. The second-order valence-electron chi connectivity index (χ2n) is 7.44. The van der Waals surface area contributed by atoms with Crippen LogP contribution in [0.4, 0.5) is 4.39 Å². The first-order chi connectivity index (χ1) is 16.4. The number of nitriles is 1. The van der Waals surface area contributed by atoms with Crippen LogP contribution in [0.3, 0.4) is 0 Å². The number of fused-ring (bicyclic) bond motifs is 1. The van der Waals surface area contributed by atoms with E-state index in [9.17, 15) is 0 Å². The molecule has 0 fully saturated rings. The van der Waals surface area contributed by atoms with Crippen molar-refractivity contribution in [1.82, 2.24) is 20.2 Å². The lowest BCUT2D eigenvalue weighted by molar-refractivity contribution is 0.437. The molecule has 0 aliphatic rings. The number of aryl methyl sites for hydroxylation is 1. The number of H-pyrrole nitrogens is 1. The fourth-order valence-corrected chi connectivity index (χ4v) is 3.94. The van der Waals surface area contributed by atoms with E-state index in [1.54, 1.807) is 0 Å². The largest absolute Gasteiger partial charge is 0.453 e. The van der Waals surface area contributed by atoms with Gasteiger partial charge in [0.15, 0.2) is 11.6 Å². The fraction of sp³-hybridized carbons (Fsp3) is 0.0833. The third-order valence-electron chi connectivity index (χ3n) is 5.02. The van der Waals surface area contributed by atoms with Crippen LogP contribution in [0, 0.1) is 24.1 Å². The van der Waals surface area contributed by atoms with Crippen LogP contribution in [0.15, 0.2) is 52.9 Å². The van der Waals surface area contributed by atoms with Crippen molar-refractivity contribution in [2.24, 2.45) is 0 Å². The first-order valence-corrected chi connectivity index (χ1v) is 10.8. The molecule has 7 nitrogen and oxygen atoms in total. The number of ether oxygens (including phenoxy) is 1. The summed E-state index contributed by atoms with van der Waals surface area (Å²) in [6.07, 6.45) is 0.0148. The summed E-state index contributed by atoms with van der Waals surface area (Å²) in [5.41, 5.74) is 2.75. The molecule has 0 atom stereocenters. The number of benzene rings is 3. The van der Waals surface area contributed by atoms with Gasteiger partial charge in [-0.05, 0) is 43.3 Å². The van der Waals surface area contributed by atoms with Crippen LogP contribution >= 0.6 is 23.2 Å². The number of hydrogen-bond donors (Lipinski definition) is 1. The summed E-state index contributed by atoms with van der Waals surface area (Å²) < 4.78 is 26.8. The minimum Gasteiger partial charge on any atom is -0.453 e. The van der Waals surface area contributed by atoms with Crippen LogP contribution in [0.25, 0.3) is 22.5 Å². The van der Waals surface area contributed by atoms with Gasteiger partial charge in [0, 0.05) is 10.6 Å². The average Bonchev–Trinajstić information content (AvgIpc) is 3.43. The second-order valence-corrected chi connectivity index (χ2v) is 8.28. The van der Waals surface area contributed by atoms with Crippen molar-refractivity contribution in [2.75, 3.05) is 0 Å². The average molecular weight is 494 g/mol. The molecule has 0 aliphatic heterocycles. The van der Waals surface area contributed by atoms with E-state index < -0.39 is 5.82 Å². The number of aromatic amines is 1. The Labute approximate surface area is 202 Å². The number of imidazole rings is 1.